The molecule has 0 aliphatic rings. The van der Waals surface area contributed by atoms with Crippen molar-refractivity contribution in [3.63, 3.8) is 0 Å². The predicted octanol–water partition coefficient (Wildman–Crippen LogP) is 2.70. The first-order valence-corrected chi connectivity index (χ1v) is 10.6. The van der Waals surface area contributed by atoms with E-state index in [4.69, 9.17) is 11.6 Å². The van der Waals surface area contributed by atoms with E-state index < -0.39 is 17.9 Å². The fourth-order valence-corrected chi connectivity index (χ4v) is 4.01. The summed E-state index contributed by atoms with van der Waals surface area (Å²) in [5, 5.41) is 25.5. The summed E-state index contributed by atoms with van der Waals surface area (Å²) in [4.78, 5) is 27.3. The maximum absolute atomic E-state index is 12.4. The molecule has 2 heterocycles. The van der Waals surface area contributed by atoms with E-state index in [0.717, 1.165) is 28.2 Å². The number of para-hydroxylation sites is 1. The van der Waals surface area contributed by atoms with Crippen LogP contribution >= 0.6 is 23.4 Å². The van der Waals surface area contributed by atoms with Gasteiger partial charge in [0.2, 0.25) is 11.1 Å². The Morgan fingerprint density at radius 1 is 1.23 bits per heavy atom. The molecule has 1 atom stereocenters. The van der Waals surface area contributed by atoms with E-state index >= 15 is 0 Å². The second-order valence-corrected chi connectivity index (χ2v) is 8.04. The van der Waals surface area contributed by atoms with Crippen LogP contribution in [0.1, 0.15) is 5.56 Å². The molecule has 0 aliphatic carbocycles. The van der Waals surface area contributed by atoms with Gasteiger partial charge >= 0.3 is 5.97 Å². The molecule has 31 heavy (non-hydrogen) atoms. The van der Waals surface area contributed by atoms with Gasteiger partial charge < -0.3 is 15.4 Å². The number of amides is 1. The summed E-state index contributed by atoms with van der Waals surface area (Å²) in [6.45, 7) is 0. The first-order valence-electron chi connectivity index (χ1n) is 9.25. The lowest BCUT2D eigenvalue weighted by atomic mass is 10.1. The Morgan fingerprint density at radius 3 is 2.87 bits per heavy atom. The molecule has 11 heteroatoms. The van der Waals surface area contributed by atoms with E-state index in [0.29, 0.717) is 15.9 Å². The summed E-state index contributed by atoms with van der Waals surface area (Å²) in [6.07, 6.45) is 1.93. The lowest BCUT2D eigenvalue weighted by Gasteiger charge is -2.14. The van der Waals surface area contributed by atoms with Gasteiger partial charge in [-0.05, 0) is 40.3 Å². The quantitative estimate of drug-likeness (QED) is 0.348. The molecule has 2 aromatic heterocycles. The highest BCUT2D eigenvalue weighted by Crippen LogP contribution is 2.21. The number of hydrogen-bond acceptors (Lipinski definition) is 6. The number of carboxylic acids is 1. The number of aromatic amines is 1. The standard InChI is InChI=1S/C20H17ClN6O3S/c21-13-4-3-5-14(9-13)27-20(24-25-26-27)31-11-18(28)23-17(19(29)30)8-12-10-22-16-7-2-1-6-15(12)16/h1-7,9-10,17,22H,8,11H2,(H,23,28)(H,29,30). The first kappa shape index (κ1) is 20.9. The number of benzene rings is 2. The monoisotopic (exact) mass is 456 g/mol. The number of H-pyrrole nitrogens is 1. The number of carbonyl (C=O) groups is 2. The summed E-state index contributed by atoms with van der Waals surface area (Å²) in [5.41, 5.74) is 2.39. The number of aliphatic carboxylic acids is 1. The number of carbonyl (C=O) groups excluding carboxylic acids is 1. The second-order valence-electron chi connectivity index (χ2n) is 6.66. The molecule has 1 amide bonds. The van der Waals surface area contributed by atoms with E-state index in [-0.39, 0.29) is 12.2 Å². The first-order chi connectivity index (χ1) is 15.0. The molecule has 0 aliphatic heterocycles. The Bertz CT molecular complexity index is 1240. The molecule has 0 radical (unpaired) electrons. The van der Waals surface area contributed by atoms with Crippen LogP contribution in [0.2, 0.25) is 5.02 Å². The number of thioether (sulfide) groups is 1. The molecular weight excluding hydrogens is 440 g/mol. The maximum atomic E-state index is 12.4. The van der Waals surface area contributed by atoms with Gasteiger partial charge in [-0.25, -0.2) is 4.79 Å². The van der Waals surface area contributed by atoms with Crippen LogP contribution in [0.4, 0.5) is 0 Å². The van der Waals surface area contributed by atoms with Gasteiger partial charge in [-0.15, -0.1) is 5.10 Å². The van der Waals surface area contributed by atoms with Gasteiger partial charge in [0.1, 0.15) is 6.04 Å². The zero-order chi connectivity index (χ0) is 21.8. The van der Waals surface area contributed by atoms with Gasteiger partial charge in [0.05, 0.1) is 11.4 Å². The highest BCUT2D eigenvalue weighted by Gasteiger charge is 2.22. The fourth-order valence-electron chi connectivity index (χ4n) is 3.13. The molecule has 4 aromatic rings. The van der Waals surface area contributed by atoms with Crippen molar-refractivity contribution in [1.82, 2.24) is 30.5 Å². The van der Waals surface area contributed by atoms with Crippen molar-refractivity contribution in [2.75, 3.05) is 5.75 Å². The highest BCUT2D eigenvalue weighted by atomic mass is 35.5. The minimum atomic E-state index is -1.10. The van der Waals surface area contributed by atoms with Crippen molar-refractivity contribution in [2.24, 2.45) is 0 Å². The van der Waals surface area contributed by atoms with Crippen molar-refractivity contribution in [2.45, 2.75) is 17.6 Å². The Balaban J connectivity index is 1.41. The van der Waals surface area contributed by atoms with Gasteiger partial charge in [0.15, 0.2) is 0 Å². The Hall–Kier alpha value is -3.37. The summed E-state index contributed by atoms with van der Waals surface area (Å²) in [6, 6.07) is 13.5. The highest BCUT2D eigenvalue weighted by molar-refractivity contribution is 7.99. The van der Waals surface area contributed by atoms with Crippen LogP contribution < -0.4 is 5.32 Å². The third-order valence-corrected chi connectivity index (χ3v) is 5.71. The zero-order valence-corrected chi connectivity index (χ0v) is 17.6. The van der Waals surface area contributed by atoms with Crippen LogP contribution in [0, 0.1) is 0 Å². The minimum absolute atomic E-state index is 0.0431. The number of nitrogens with one attached hydrogen (secondary N) is 2. The number of aromatic nitrogens is 5. The van der Waals surface area contributed by atoms with Gasteiger partial charge in [-0.2, -0.15) is 4.68 Å². The summed E-state index contributed by atoms with van der Waals surface area (Å²) in [5.74, 6) is -1.58. The van der Waals surface area contributed by atoms with Crippen LogP contribution in [0.5, 0.6) is 0 Å². The molecule has 0 bridgehead atoms. The van der Waals surface area contributed by atoms with E-state index in [2.05, 4.69) is 25.8 Å². The molecule has 0 fully saturated rings. The van der Waals surface area contributed by atoms with Crippen LogP contribution in [-0.4, -0.2) is 54.0 Å². The summed E-state index contributed by atoms with van der Waals surface area (Å²) >= 11 is 7.11. The number of nitrogens with zero attached hydrogens (tertiary/aromatic N) is 4. The average Bonchev–Trinajstić information content (AvgIpc) is 3.39. The number of tetrazole rings is 1. The summed E-state index contributed by atoms with van der Waals surface area (Å²) < 4.78 is 1.46. The van der Waals surface area contributed by atoms with Crippen LogP contribution in [0.15, 0.2) is 59.9 Å². The topological polar surface area (TPSA) is 126 Å². The van der Waals surface area contributed by atoms with Gasteiger partial charge in [-0.1, -0.05) is 47.6 Å². The average molecular weight is 457 g/mol. The van der Waals surface area contributed by atoms with E-state index in [9.17, 15) is 14.7 Å². The second kappa shape index (κ2) is 9.19. The van der Waals surface area contributed by atoms with Crippen LogP contribution in [0.25, 0.3) is 16.6 Å². The number of rotatable bonds is 8. The van der Waals surface area contributed by atoms with E-state index in [1.165, 1.54) is 4.68 Å². The SMILES string of the molecule is O=C(CSc1nnnn1-c1cccc(Cl)c1)NC(Cc1c[nH]c2ccccc12)C(=O)O. The maximum Gasteiger partial charge on any atom is 0.326 e. The molecule has 1 unspecified atom stereocenters. The fraction of sp³-hybridized carbons (Fsp3) is 0.150. The van der Waals surface area contributed by atoms with Gasteiger partial charge in [0, 0.05) is 28.5 Å². The van der Waals surface area contributed by atoms with Crippen LogP contribution in [0.3, 0.4) is 0 Å². The third kappa shape index (κ3) is 4.86. The Labute approximate surface area is 185 Å². The normalized spacial score (nSPS) is 12.0. The smallest absolute Gasteiger partial charge is 0.326 e. The van der Waals surface area contributed by atoms with Gasteiger partial charge in [0.25, 0.3) is 0 Å². The van der Waals surface area contributed by atoms with Crippen molar-refractivity contribution >= 4 is 46.1 Å². The molecular formula is C20H17ClN6O3S. The van der Waals surface area contributed by atoms with E-state index in [1.54, 1.807) is 30.5 Å². The van der Waals surface area contributed by atoms with Crippen molar-refractivity contribution < 1.29 is 14.7 Å². The van der Waals surface area contributed by atoms with Crippen LogP contribution in [-0.2, 0) is 16.0 Å². The number of carboxylic acid groups (broad SMARTS) is 1. The minimum Gasteiger partial charge on any atom is -0.480 e. The van der Waals surface area contributed by atoms with Crippen molar-refractivity contribution in [3.05, 3.63) is 65.3 Å². The lowest BCUT2D eigenvalue weighted by molar-refractivity contribution is -0.141. The largest absolute Gasteiger partial charge is 0.480 e. The zero-order valence-electron chi connectivity index (χ0n) is 16.0. The number of halogens is 1. The molecule has 2 aromatic carbocycles. The molecule has 158 valence electrons. The van der Waals surface area contributed by atoms with Gasteiger partial charge in [-0.3, -0.25) is 4.79 Å². The molecule has 0 saturated carbocycles. The summed E-state index contributed by atoms with van der Waals surface area (Å²) in [7, 11) is 0. The molecule has 9 nitrogen and oxygen atoms in total. The predicted molar refractivity (Wildman–Crippen MR) is 116 cm³/mol. The molecule has 3 N–H and O–H groups in total. The lowest BCUT2D eigenvalue weighted by Crippen LogP contribution is -2.43. The number of hydrogen-bond donors (Lipinski definition) is 3. The third-order valence-electron chi connectivity index (χ3n) is 4.56. The Kier molecular flexibility index (Phi) is 6.19. The molecule has 0 saturated heterocycles. The number of fused-ring (bicyclic) bond motifs is 1. The van der Waals surface area contributed by atoms with Crippen molar-refractivity contribution in [1.29, 1.82) is 0 Å². The molecule has 0 spiro atoms. The van der Waals surface area contributed by atoms with Crippen molar-refractivity contribution in [3.8, 4) is 5.69 Å². The molecule has 4 rings (SSSR count). The Morgan fingerprint density at radius 2 is 2.06 bits per heavy atom. The van der Waals surface area contributed by atoms with E-state index in [1.807, 2.05) is 24.3 Å².